The largest absolute Gasteiger partial charge is 0.494 e. The van der Waals surface area contributed by atoms with E-state index in [0.717, 1.165) is 40.0 Å². The summed E-state index contributed by atoms with van der Waals surface area (Å²) in [5.74, 6) is 0.293. The second kappa shape index (κ2) is 11.5. The molecular weight excluding hydrogens is 468 g/mol. The number of urea groups is 1. The molecule has 0 saturated heterocycles. The lowest BCUT2D eigenvalue weighted by Crippen LogP contribution is -2.45. The molecule has 0 radical (unpaired) electrons. The van der Waals surface area contributed by atoms with Gasteiger partial charge in [0.15, 0.2) is 0 Å². The summed E-state index contributed by atoms with van der Waals surface area (Å²) in [6.07, 6.45) is 0.325. The lowest BCUT2D eigenvalue weighted by Gasteiger charge is -2.17. The molecule has 3 aromatic carbocycles. The van der Waals surface area contributed by atoms with Gasteiger partial charge in [-0.05, 0) is 43.7 Å². The van der Waals surface area contributed by atoms with E-state index < -0.39 is 18.0 Å². The number of nitrogen functional groups attached to an aromatic ring is 1. The Labute approximate surface area is 216 Å². The van der Waals surface area contributed by atoms with Gasteiger partial charge in [0.05, 0.1) is 30.6 Å². The number of esters is 1. The number of hydrogen-bond acceptors (Lipinski definition) is 5. The van der Waals surface area contributed by atoms with Crippen molar-refractivity contribution in [1.82, 2.24) is 9.88 Å². The Morgan fingerprint density at radius 3 is 2.38 bits per heavy atom. The fourth-order valence-electron chi connectivity index (χ4n) is 4.47. The van der Waals surface area contributed by atoms with Crippen LogP contribution in [0.5, 0.6) is 5.75 Å². The van der Waals surface area contributed by atoms with Gasteiger partial charge in [0.25, 0.3) is 0 Å². The van der Waals surface area contributed by atoms with E-state index in [1.54, 1.807) is 0 Å². The highest BCUT2D eigenvalue weighted by Crippen LogP contribution is 2.38. The molecule has 8 nitrogen and oxygen atoms in total. The second-order valence-corrected chi connectivity index (χ2v) is 8.56. The number of aromatic nitrogens is 1. The number of anilines is 2. The van der Waals surface area contributed by atoms with Gasteiger partial charge in [-0.25, -0.2) is 9.59 Å². The summed E-state index contributed by atoms with van der Waals surface area (Å²) < 4.78 is 12.7. The van der Waals surface area contributed by atoms with Crippen molar-refractivity contribution >= 4 is 34.3 Å². The summed E-state index contributed by atoms with van der Waals surface area (Å²) >= 11 is 0. The molecule has 2 amide bonds. The van der Waals surface area contributed by atoms with E-state index >= 15 is 0 Å². The van der Waals surface area contributed by atoms with Gasteiger partial charge in [0, 0.05) is 35.7 Å². The molecule has 4 N–H and O–H groups in total. The van der Waals surface area contributed by atoms with Crippen LogP contribution in [0.2, 0.25) is 0 Å². The number of hydrogen-bond donors (Lipinski definition) is 3. The van der Waals surface area contributed by atoms with E-state index in [1.165, 1.54) is 7.11 Å². The highest BCUT2D eigenvalue weighted by molar-refractivity contribution is 6.01. The van der Waals surface area contributed by atoms with Crippen molar-refractivity contribution in [2.75, 3.05) is 24.8 Å². The van der Waals surface area contributed by atoms with Crippen LogP contribution in [0.4, 0.5) is 16.2 Å². The molecule has 8 heteroatoms. The molecule has 1 aromatic heterocycles. The molecule has 0 fully saturated rings. The first-order valence-corrected chi connectivity index (χ1v) is 12.3. The van der Waals surface area contributed by atoms with Crippen molar-refractivity contribution < 1.29 is 19.1 Å². The van der Waals surface area contributed by atoms with Gasteiger partial charge < -0.3 is 30.4 Å². The van der Waals surface area contributed by atoms with Crippen LogP contribution < -0.4 is 21.1 Å². The molecule has 0 saturated carbocycles. The Balaban J connectivity index is 1.51. The minimum atomic E-state index is -0.812. The van der Waals surface area contributed by atoms with Crippen LogP contribution in [0.15, 0.2) is 72.8 Å². The third-order valence-electron chi connectivity index (χ3n) is 6.19. The summed E-state index contributed by atoms with van der Waals surface area (Å²) in [7, 11) is 1.30. The van der Waals surface area contributed by atoms with Crippen LogP contribution in [-0.4, -0.2) is 36.3 Å². The van der Waals surface area contributed by atoms with E-state index in [-0.39, 0.29) is 0 Å². The van der Waals surface area contributed by atoms with Gasteiger partial charge in [0.2, 0.25) is 0 Å². The molecule has 1 unspecified atom stereocenters. The Hall–Kier alpha value is -4.46. The van der Waals surface area contributed by atoms with Gasteiger partial charge in [-0.1, -0.05) is 42.5 Å². The van der Waals surface area contributed by atoms with Crippen molar-refractivity contribution in [3.63, 3.8) is 0 Å². The number of carbonyl (C=O) groups is 2. The summed E-state index contributed by atoms with van der Waals surface area (Å²) in [5, 5.41) is 6.47. The lowest BCUT2D eigenvalue weighted by molar-refractivity contribution is -0.142. The summed E-state index contributed by atoms with van der Waals surface area (Å²) in [6.45, 7) is 5.35. The number of amides is 2. The molecule has 37 heavy (non-hydrogen) atoms. The molecule has 4 rings (SSSR count). The number of nitrogens with one attached hydrogen (secondary N) is 2. The maximum atomic E-state index is 12.7. The standard InChI is InChI=1S/C29H32N4O4/c1-4-33-25-18-22(37-5-2)15-16-23(25)26(30)27(33)20-11-13-21(14-12-20)31-29(35)32-24(28(34)36-3)17-19-9-7-6-8-10-19/h6-16,18,24H,4-5,17,30H2,1-3H3,(H2,31,32,35). The molecule has 1 atom stereocenters. The van der Waals surface area contributed by atoms with E-state index in [1.807, 2.05) is 79.7 Å². The average molecular weight is 501 g/mol. The molecular formula is C29H32N4O4. The molecule has 0 aliphatic carbocycles. The zero-order chi connectivity index (χ0) is 26.4. The monoisotopic (exact) mass is 500 g/mol. The van der Waals surface area contributed by atoms with Crippen molar-refractivity contribution in [1.29, 1.82) is 0 Å². The Kier molecular flexibility index (Phi) is 7.98. The number of nitrogens with two attached hydrogens (primary N) is 1. The topological polar surface area (TPSA) is 108 Å². The van der Waals surface area contributed by atoms with Crippen LogP contribution in [0.1, 0.15) is 19.4 Å². The fraction of sp³-hybridized carbons (Fsp3) is 0.241. The highest BCUT2D eigenvalue weighted by Gasteiger charge is 2.22. The Morgan fingerprint density at radius 2 is 1.73 bits per heavy atom. The lowest BCUT2D eigenvalue weighted by atomic mass is 10.1. The van der Waals surface area contributed by atoms with E-state index in [0.29, 0.717) is 24.4 Å². The first kappa shape index (κ1) is 25.6. The van der Waals surface area contributed by atoms with Gasteiger partial charge in [0.1, 0.15) is 11.8 Å². The number of fused-ring (bicyclic) bond motifs is 1. The SMILES string of the molecule is CCOc1ccc2c(N)c(-c3ccc(NC(=O)NC(Cc4ccccc4)C(=O)OC)cc3)n(CC)c2c1. The zero-order valence-electron chi connectivity index (χ0n) is 21.3. The number of aryl methyl sites for hydroxylation is 1. The zero-order valence-corrected chi connectivity index (χ0v) is 21.3. The smallest absolute Gasteiger partial charge is 0.328 e. The number of benzene rings is 3. The fourth-order valence-corrected chi connectivity index (χ4v) is 4.47. The van der Waals surface area contributed by atoms with Crippen molar-refractivity contribution in [2.45, 2.75) is 32.9 Å². The number of ether oxygens (including phenoxy) is 2. The van der Waals surface area contributed by atoms with Crippen LogP contribution in [0, 0.1) is 0 Å². The predicted octanol–water partition coefficient (Wildman–Crippen LogP) is 5.21. The van der Waals surface area contributed by atoms with Crippen LogP contribution in [-0.2, 0) is 22.5 Å². The van der Waals surface area contributed by atoms with Crippen LogP contribution in [0.25, 0.3) is 22.2 Å². The second-order valence-electron chi connectivity index (χ2n) is 8.56. The molecule has 0 bridgehead atoms. The van der Waals surface area contributed by atoms with Crippen molar-refractivity contribution in [2.24, 2.45) is 0 Å². The van der Waals surface area contributed by atoms with Gasteiger partial charge in [-0.2, -0.15) is 0 Å². The molecule has 192 valence electrons. The Morgan fingerprint density at radius 1 is 1.00 bits per heavy atom. The molecule has 0 aliphatic rings. The number of methoxy groups -OCH3 is 1. The minimum absolute atomic E-state index is 0.325. The molecule has 0 spiro atoms. The molecule has 4 aromatic rings. The third kappa shape index (κ3) is 5.69. The first-order chi connectivity index (χ1) is 17.9. The van der Waals surface area contributed by atoms with Gasteiger partial charge >= 0.3 is 12.0 Å². The molecule has 0 aliphatic heterocycles. The number of rotatable bonds is 9. The van der Waals surface area contributed by atoms with Crippen LogP contribution in [0.3, 0.4) is 0 Å². The minimum Gasteiger partial charge on any atom is -0.494 e. The number of nitrogens with zero attached hydrogens (tertiary/aromatic N) is 1. The van der Waals surface area contributed by atoms with E-state index in [2.05, 4.69) is 22.1 Å². The highest BCUT2D eigenvalue weighted by atomic mass is 16.5. The van der Waals surface area contributed by atoms with E-state index in [9.17, 15) is 9.59 Å². The van der Waals surface area contributed by atoms with Gasteiger partial charge in [-0.15, -0.1) is 0 Å². The predicted molar refractivity (Wildman–Crippen MR) is 147 cm³/mol. The van der Waals surface area contributed by atoms with E-state index in [4.69, 9.17) is 15.2 Å². The summed E-state index contributed by atoms with van der Waals surface area (Å²) in [4.78, 5) is 24.9. The van der Waals surface area contributed by atoms with Crippen LogP contribution >= 0.6 is 0 Å². The quantitative estimate of drug-likeness (QED) is 0.273. The summed E-state index contributed by atoms with van der Waals surface area (Å²) in [6, 6.07) is 21.5. The average Bonchev–Trinajstić information content (AvgIpc) is 3.19. The number of carbonyl (C=O) groups excluding carboxylic acids is 2. The first-order valence-electron chi connectivity index (χ1n) is 12.3. The third-order valence-corrected chi connectivity index (χ3v) is 6.19. The van der Waals surface area contributed by atoms with Crippen molar-refractivity contribution in [3.05, 3.63) is 78.4 Å². The van der Waals surface area contributed by atoms with Gasteiger partial charge in [-0.3, -0.25) is 0 Å². The van der Waals surface area contributed by atoms with Crippen molar-refractivity contribution in [3.8, 4) is 17.0 Å². The summed E-state index contributed by atoms with van der Waals surface area (Å²) in [5.41, 5.74) is 11.6. The maximum Gasteiger partial charge on any atom is 0.328 e. The molecule has 1 heterocycles. The maximum absolute atomic E-state index is 12.7. The normalized spacial score (nSPS) is 11.6. The Bertz CT molecular complexity index is 1380.